The first-order valence-corrected chi connectivity index (χ1v) is 9.23. The molecule has 0 aromatic heterocycles. The van der Waals surface area contributed by atoms with Crippen molar-refractivity contribution >= 4 is 33.5 Å². The molecule has 10 heteroatoms. The van der Waals surface area contributed by atoms with Gasteiger partial charge in [-0.1, -0.05) is 48.5 Å². The standard InChI is InChI=1S/C22H16F6O4/c1-11(29)31-19(21(23,24)25)17-13-7-3-5-9-15(13)18(16-10-6-4-8-14(16)17)20(22(26,27)28)32-12(2)30/h3-10,19-20H,1-2H3/t19-,20-/m1/s1. The number of carbonyl (C=O) groups is 2. The SMILES string of the molecule is CC(=O)O[C@H](c1c2ccccc2c([C@@H](OC(C)=O)C(F)(F)F)c2ccccc12)C(F)(F)F. The van der Waals surface area contributed by atoms with Crippen LogP contribution in [0.5, 0.6) is 0 Å². The van der Waals surface area contributed by atoms with Gasteiger partial charge in [-0.3, -0.25) is 9.59 Å². The van der Waals surface area contributed by atoms with Crippen molar-refractivity contribution in [3.05, 3.63) is 59.7 Å². The summed E-state index contributed by atoms with van der Waals surface area (Å²) in [4.78, 5) is 22.9. The highest BCUT2D eigenvalue weighted by molar-refractivity contribution is 6.06. The van der Waals surface area contributed by atoms with Crippen LogP contribution in [0.4, 0.5) is 26.3 Å². The first-order chi connectivity index (χ1) is 14.8. The van der Waals surface area contributed by atoms with Crippen LogP contribution in [-0.4, -0.2) is 24.3 Å². The molecule has 0 bridgehead atoms. The zero-order valence-electron chi connectivity index (χ0n) is 16.7. The van der Waals surface area contributed by atoms with E-state index in [2.05, 4.69) is 9.47 Å². The van der Waals surface area contributed by atoms with Crippen LogP contribution in [0.15, 0.2) is 48.5 Å². The minimum atomic E-state index is -5.04. The molecule has 0 amide bonds. The summed E-state index contributed by atoms with van der Waals surface area (Å²) in [6.45, 7) is 1.61. The molecule has 2 atom stereocenters. The van der Waals surface area contributed by atoms with E-state index in [-0.39, 0.29) is 21.5 Å². The van der Waals surface area contributed by atoms with E-state index in [1.165, 1.54) is 48.5 Å². The Labute approximate surface area is 177 Å². The third-order valence-corrected chi connectivity index (χ3v) is 4.70. The van der Waals surface area contributed by atoms with E-state index in [1.54, 1.807) is 0 Å². The zero-order valence-corrected chi connectivity index (χ0v) is 16.7. The number of esters is 2. The Bertz CT molecular complexity index is 1030. The normalized spacial score (nSPS) is 14.2. The Morgan fingerprint density at radius 1 is 0.625 bits per heavy atom. The summed E-state index contributed by atoms with van der Waals surface area (Å²) in [6, 6.07) is 10.2. The molecule has 0 aliphatic heterocycles. The van der Waals surface area contributed by atoms with Crippen molar-refractivity contribution < 1.29 is 45.4 Å². The largest absolute Gasteiger partial charge is 0.448 e. The van der Waals surface area contributed by atoms with E-state index < -0.39 is 47.6 Å². The van der Waals surface area contributed by atoms with Gasteiger partial charge in [0.2, 0.25) is 12.2 Å². The molecule has 0 aliphatic carbocycles. The molecule has 0 saturated carbocycles. The lowest BCUT2D eigenvalue weighted by Crippen LogP contribution is -2.28. The van der Waals surface area contributed by atoms with Crippen LogP contribution in [0.3, 0.4) is 0 Å². The second-order valence-corrected chi connectivity index (χ2v) is 6.98. The minimum absolute atomic E-state index is 0.217. The fraction of sp³-hybridized carbons (Fsp3) is 0.273. The summed E-state index contributed by atoms with van der Waals surface area (Å²) in [5, 5.41) is -0.866. The highest BCUT2D eigenvalue weighted by atomic mass is 19.4. The van der Waals surface area contributed by atoms with Crippen molar-refractivity contribution in [3.63, 3.8) is 0 Å². The van der Waals surface area contributed by atoms with Gasteiger partial charge in [0.1, 0.15) is 0 Å². The van der Waals surface area contributed by atoms with Gasteiger partial charge in [-0.25, -0.2) is 0 Å². The van der Waals surface area contributed by atoms with E-state index in [4.69, 9.17) is 0 Å². The van der Waals surface area contributed by atoms with Gasteiger partial charge >= 0.3 is 24.3 Å². The molecular formula is C22H16F6O4. The maximum atomic E-state index is 13.9. The summed E-state index contributed by atoms with van der Waals surface area (Å²) in [5.41, 5.74) is -1.02. The maximum absolute atomic E-state index is 13.9. The number of rotatable bonds is 4. The number of benzene rings is 3. The number of ether oxygens (including phenoxy) is 2. The molecule has 32 heavy (non-hydrogen) atoms. The second kappa shape index (κ2) is 8.33. The Balaban J connectivity index is 2.52. The topological polar surface area (TPSA) is 52.6 Å². The fourth-order valence-electron chi connectivity index (χ4n) is 3.67. The van der Waals surface area contributed by atoms with Crippen molar-refractivity contribution in [2.24, 2.45) is 0 Å². The molecule has 3 aromatic carbocycles. The molecule has 0 unspecified atom stereocenters. The van der Waals surface area contributed by atoms with Gasteiger partial charge < -0.3 is 9.47 Å². The minimum Gasteiger partial charge on any atom is -0.448 e. The number of fused-ring (bicyclic) bond motifs is 2. The third-order valence-electron chi connectivity index (χ3n) is 4.70. The quantitative estimate of drug-likeness (QED) is 0.261. The molecule has 3 aromatic rings. The second-order valence-electron chi connectivity index (χ2n) is 6.98. The lowest BCUT2D eigenvalue weighted by Gasteiger charge is -2.28. The van der Waals surface area contributed by atoms with Crippen molar-refractivity contribution in [2.75, 3.05) is 0 Å². The predicted octanol–water partition coefficient (Wildman–Crippen LogP) is 6.33. The first-order valence-electron chi connectivity index (χ1n) is 9.23. The van der Waals surface area contributed by atoms with Crippen LogP contribution in [0.1, 0.15) is 37.2 Å². The van der Waals surface area contributed by atoms with Crippen LogP contribution in [0.2, 0.25) is 0 Å². The van der Waals surface area contributed by atoms with Crippen LogP contribution < -0.4 is 0 Å². The molecule has 170 valence electrons. The first kappa shape index (κ1) is 23.4. The van der Waals surface area contributed by atoms with Crippen LogP contribution >= 0.6 is 0 Å². The van der Waals surface area contributed by atoms with E-state index in [1.807, 2.05) is 0 Å². The van der Waals surface area contributed by atoms with Crippen LogP contribution in [-0.2, 0) is 19.1 Å². The summed E-state index contributed by atoms with van der Waals surface area (Å²) >= 11 is 0. The fourth-order valence-corrected chi connectivity index (χ4v) is 3.67. The van der Waals surface area contributed by atoms with Crippen molar-refractivity contribution in [2.45, 2.75) is 38.4 Å². The Morgan fingerprint density at radius 2 is 0.875 bits per heavy atom. The van der Waals surface area contributed by atoms with E-state index >= 15 is 0 Å². The van der Waals surface area contributed by atoms with Crippen molar-refractivity contribution in [3.8, 4) is 0 Å². The molecule has 0 heterocycles. The van der Waals surface area contributed by atoms with E-state index in [0.29, 0.717) is 0 Å². The van der Waals surface area contributed by atoms with Crippen molar-refractivity contribution in [1.29, 1.82) is 0 Å². The Kier molecular flexibility index (Phi) is 6.08. The van der Waals surface area contributed by atoms with Gasteiger partial charge in [0, 0.05) is 25.0 Å². The van der Waals surface area contributed by atoms with Gasteiger partial charge in [0.05, 0.1) is 0 Å². The van der Waals surface area contributed by atoms with E-state index in [0.717, 1.165) is 13.8 Å². The summed E-state index contributed by atoms with van der Waals surface area (Å²) in [6.07, 6.45) is -15.5. The molecule has 0 spiro atoms. The lowest BCUT2D eigenvalue weighted by molar-refractivity contribution is -0.222. The smallest absolute Gasteiger partial charge is 0.429 e. The molecule has 0 fully saturated rings. The maximum Gasteiger partial charge on any atom is 0.429 e. The van der Waals surface area contributed by atoms with E-state index in [9.17, 15) is 35.9 Å². The van der Waals surface area contributed by atoms with Crippen LogP contribution in [0, 0.1) is 0 Å². The molecule has 0 aliphatic rings. The summed E-state index contributed by atoms with van der Waals surface area (Å²) in [5.74, 6) is -2.42. The number of hydrogen-bond acceptors (Lipinski definition) is 4. The highest BCUT2D eigenvalue weighted by Crippen LogP contribution is 2.48. The average molecular weight is 458 g/mol. The Morgan fingerprint density at radius 3 is 1.06 bits per heavy atom. The lowest BCUT2D eigenvalue weighted by atomic mass is 9.87. The molecule has 0 radical (unpaired) electrons. The van der Waals surface area contributed by atoms with Gasteiger partial charge in [-0.2, -0.15) is 26.3 Å². The average Bonchev–Trinajstić information content (AvgIpc) is 2.67. The van der Waals surface area contributed by atoms with Gasteiger partial charge in [-0.05, 0) is 21.5 Å². The Hall–Kier alpha value is -3.30. The number of halogens is 6. The molecule has 0 N–H and O–H groups in total. The molecular weight excluding hydrogens is 442 g/mol. The zero-order chi connectivity index (χ0) is 23.8. The monoisotopic (exact) mass is 458 g/mol. The van der Waals surface area contributed by atoms with Crippen LogP contribution in [0.25, 0.3) is 21.5 Å². The van der Waals surface area contributed by atoms with Gasteiger partial charge in [-0.15, -0.1) is 0 Å². The molecule has 3 rings (SSSR count). The third kappa shape index (κ3) is 4.49. The number of alkyl halides is 6. The molecule has 4 nitrogen and oxygen atoms in total. The predicted molar refractivity (Wildman–Crippen MR) is 103 cm³/mol. The van der Waals surface area contributed by atoms with Crippen molar-refractivity contribution in [1.82, 2.24) is 0 Å². The number of carbonyl (C=O) groups excluding carboxylic acids is 2. The molecule has 0 saturated heterocycles. The van der Waals surface area contributed by atoms with Gasteiger partial charge in [0.15, 0.2) is 0 Å². The van der Waals surface area contributed by atoms with Gasteiger partial charge in [0.25, 0.3) is 0 Å². The summed E-state index contributed by atoms with van der Waals surface area (Å²) in [7, 11) is 0. The number of hydrogen-bond donors (Lipinski definition) is 0. The highest BCUT2D eigenvalue weighted by Gasteiger charge is 2.48. The summed E-state index contributed by atoms with van der Waals surface area (Å²) < 4.78 is 92.6.